The van der Waals surface area contributed by atoms with Crippen molar-refractivity contribution in [1.82, 2.24) is 0 Å². The Morgan fingerprint density at radius 3 is 1.63 bits per heavy atom. The molecule has 222 valence electrons. The van der Waals surface area contributed by atoms with Gasteiger partial charge in [-0.1, -0.05) is 78.9 Å². The second-order valence-corrected chi connectivity index (χ2v) is 11.5. The molecule has 3 aliphatic rings. The van der Waals surface area contributed by atoms with Crippen molar-refractivity contribution < 1.29 is 28.4 Å². The minimum atomic E-state index is -0.324. The summed E-state index contributed by atoms with van der Waals surface area (Å²) < 4.78 is 33.7. The minimum Gasteiger partial charge on any atom is -0.491 e. The topological polar surface area (TPSA) is 62.0 Å². The third-order valence-corrected chi connectivity index (χ3v) is 8.61. The second kappa shape index (κ2) is 12.9. The molecule has 2 fully saturated rings. The quantitative estimate of drug-likeness (QED) is 0.125. The first-order valence-electron chi connectivity index (χ1n) is 15.3. The van der Waals surface area contributed by atoms with Gasteiger partial charge in [0.1, 0.15) is 36.9 Å². The van der Waals surface area contributed by atoms with Gasteiger partial charge < -0.3 is 28.4 Å². The molecule has 1 aliphatic carbocycles. The average molecular weight is 579 g/mol. The van der Waals surface area contributed by atoms with Gasteiger partial charge in [-0.05, 0) is 58.5 Å². The van der Waals surface area contributed by atoms with Crippen LogP contribution in [0.5, 0.6) is 11.5 Å². The second-order valence-electron chi connectivity index (χ2n) is 11.5. The van der Waals surface area contributed by atoms with E-state index in [1.54, 1.807) is 0 Å². The normalized spacial score (nSPS) is 23.5. The van der Waals surface area contributed by atoms with Crippen LogP contribution in [-0.2, 0) is 24.4 Å². The Kier molecular flexibility index (Phi) is 8.43. The van der Waals surface area contributed by atoms with Crippen LogP contribution in [0.15, 0.2) is 103 Å². The van der Waals surface area contributed by atoms with E-state index in [9.17, 15) is 0 Å². The van der Waals surface area contributed by atoms with E-state index in [1.165, 1.54) is 27.8 Å². The molecule has 0 N–H and O–H groups in total. The molecule has 2 heterocycles. The van der Waals surface area contributed by atoms with Crippen LogP contribution >= 0.6 is 0 Å². The van der Waals surface area contributed by atoms with Gasteiger partial charge in [0.05, 0.1) is 39.6 Å². The molecule has 2 saturated heterocycles. The molecule has 6 heteroatoms. The van der Waals surface area contributed by atoms with Crippen molar-refractivity contribution in [1.29, 1.82) is 0 Å². The summed E-state index contributed by atoms with van der Waals surface area (Å²) in [7, 11) is 0. The molecule has 4 aromatic rings. The van der Waals surface area contributed by atoms with E-state index in [0.29, 0.717) is 39.6 Å². The summed E-state index contributed by atoms with van der Waals surface area (Å²) in [6.07, 6.45) is 1.48. The van der Waals surface area contributed by atoms with Crippen LogP contribution < -0.4 is 9.47 Å². The van der Waals surface area contributed by atoms with Crippen molar-refractivity contribution in [3.05, 3.63) is 131 Å². The third kappa shape index (κ3) is 6.48. The van der Waals surface area contributed by atoms with Crippen molar-refractivity contribution >= 4 is 0 Å². The molecular formula is C37H38O6. The van der Waals surface area contributed by atoms with E-state index < -0.39 is 0 Å². The Bertz CT molecular complexity index is 1400. The summed E-state index contributed by atoms with van der Waals surface area (Å²) in [5, 5.41) is 0. The van der Waals surface area contributed by atoms with Gasteiger partial charge >= 0.3 is 0 Å². The summed E-state index contributed by atoms with van der Waals surface area (Å²) in [5.41, 5.74) is 6.23. The van der Waals surface area contributed by atoms with Gasteiger partial charge in [0.2, 0.25) is 0 Å². The first-order chi connectivity index (χ1) is 21.3. The molecule has 4 aromatic carbocycles. The highest BCUT2D eigenvalue weighted by Gasteiger charge is 2.46. The van der Waals surface area contributed by atoms with Crippen molar-refractivity contribution in [3.63, 3.8) is 0 Å². The van der Waals surface area contributed by atoms with E-state index in [0.717, 1.165) is 31.1 Å². The lowest BCUT2D eigenvalue weighted by Crippen LogP contribution is -2.27. The van der Waals surface area contributed by atoms with E-state index in [2.05, 4.69) is 103 Å². The molecule has 2 aliphatic heterocycles. The molecule has 3 atom stereocenters. The van der Waals surface area contributed by atoms with Crippen molar-refractivity contribution in [2.75, 3.05) is 52.9 Å². The lowest BCUT2D eigenvalue weighted by molar-refractivity contribution is 0.0878. The van der Waals surface area contributed by atoms with Crippen LogP contribution in [0, 0.1) is 0 Å². The standard InChI is InChI=1S/C37H38O6/c1-2-6-27(7-3-1)35-22-37(36-9-5-4-8-34(35)36,28-10-14-30(15-11-28)40-20-18-38-23-32-25-42-32)29-12-16-31(17-13-29)41-21-19-39-24-33-26-43-33/h1-17,32-33,35H,18-26H2. The predicted octanol–water partition coefficient (Wildman–Crippen LogP) is 6.15. The number of hydrogen-bond acceptors (Lipinski definition) is 6. The number of benzene rings is 4. The van der Waals surface area contributed by atoms with Crippen molar-refractivity contribution in [3.8, 4) is 11.5 Å². The fraction of sp³-hybridized carbons (Fsp3) is 0.351. The summed E-state index contributed by atoms with van der Waals surface area (Å²) in [6.45, 7) is 5.01. The summed E-state index contributed by atoms with van der Waals surface area (Å²) in [4.78, 5) is 0. The number of epoxide rings is 2. The van der Waals surface area contributed by atoms with Gasteiger partial charge in [0.15, 0.2) is 0 Å². The minimum absolute atomic E-state index is 0.270. The molecule has 0 bridgehead atoms. The Morgan fingerprint density at radius 2 is 1.09 bits per heavy atom. The van der Waals surface area contributed by atoms with Gasteiger partial charge in [-0.2, -0.15) is 0 Å². The van der Waals surface area contributed by atoms with Crippen LogP contribution in [-0.4, -0.2) is 65.1 Å². The predicted molar refractivity (Wildman–Crippen MR) is 164 cm³/mol. The van der Waals surface area contributed by atoms with Gasteiger partial charge in [0.25, 0.3) is 0 Å². The van der Waals surface area contributed by atoms with E-state index in [1.807, 2.05) is 0 Å². The maximum atomic E-state index is 6.01. The highest BCUT2D eigenvalue weighted by molar-refractivity contribution is 5.60. The molecular weight excluding hydrogens is 540 g/mol. The lowest BCUT2D eigenvalue weighted by atomic mass is 9.69. The highest BCUT2D eigenvalue weighted by atomic mass is 16.6. The monoisotopic (exact) mass is 578 g/mol. The van der Waals surface area contributed by atoms with E-state index in [-0.39, 0.29) is 23.5 Å². The van der Waals surface area contributed by atoms with Crippen LogP contribution in [0.2, 0.25) is 0 Å². The first kappa shape index (κ1) is 28.1. The fourth-order valence-electron chi connectivity index (χ4n) is 6.28. The molecule has 0 spiro atoms. The maximum absolute atomic E-state index is 6.01. The Labute approximate surface area is 253 Å². The van der Waals surface area contributed by atoms with Crippen LogP contribution in [0.3, 0.4) is 0 Å². The summed E-state index contributed by atoms with van der Waals surface area (Å²) in [6, 6.07) is 37.0. The van der Waals surface area contributed by atoms with Gasteiger partial charge in [-0.15, -0.1) is 0 Å². The van der Waals surface area contributed by atoms with Crippen LogP contribution in [0.1, 0.15) is 40.2 Å². The highest BCUT2D eigenvalue weighted by Crippen LogP contribution is 2.56. The molecule has 0 aromatic heterocycles. The zero-order valence-corrected chi connectivity index (χ0v) is 24.4. The summed E-state index contributed by atoms with van der Waals surface area (Å²) in [5.74, 6) is 1.97. The molecule has 43 heavy (non-hydrogen) atoms. The van der Waals surface area contributed by atoms with Gasteiger partial charge in [-0.3, -0.25) is 0 Å². The lowest BCUT2D eigenvalue weighted by Gasteiger charge is -2.33. The number of ether oxygens (including phenoxy) is 6. The fourth-order valence-corrected chi connectivity index (χ4v) is 6.28. The molecule has 0 saturated carbocycles. The third-order valence-electron chi connectivity index (χ3n) is 8.61. The Hall–Kier alpha value is -3.68. The number of rotatable bonds is 15. The molecule has 0 radical (unpaired) electrons. The van der Waals surface area contributed by atoms with E-state index in [4.69, 9.17) is 28.4 Å². The van der Waals surface area contributed by atoms with Crippen molar-refractivity contribution in [2.45, 2.75) is 30.0 Å². The van der Waals surface area contributed by atoms with Crippen LogP contribution in [0.4, 0.5) is 0 Å². The maximum Gasteiger partial charge on any atom is 0.119 e. The molecule has 6 nitrogen and oxygen atoms in total. The Morgan fingerprint density at radius 1 is 0.581 bits per heavy atom. The number of fused-ring (bicyclic) bond motifs is 1. The molecule has 3 unspecified atom stereocenters. The smallest absolute Gasteiger partial charge is 0.119 e. The van der Waals surface area contributed by atoms with Crippen LogP contribution in [0.25, 0.3) is 0 Å². The van der Waals surface area contributed by atoms with Crippen molar-refractivity contribution in [2.24, 2.45) is 0 Å². The van der Waals surface area contributed by atoms with Gasteiger partial charge in [-0.25, -0.2) is 0 Å². The Balaban J connectivity index is 1.15. The average Bonchev–Trinajstić information content (AvgIpc) is 4.01. The zero-order valence-electron chi connectivity index (χ0n) is 24.4. The zero-order chi connectivity index (χ0) is 28.9. The SMILES string of the molecule is c1ccc(C2CC(c3ccc(OCCOCC4CO4)cc3)(c3ccc(OCCOCC4CO4)cc3)c3ccccc32)cc1. The van der Waals surface area contributed by atoms with Gasteiger partial charge in [0, 0.05) is 11.3 Å². The largest absolute Gasteiger partial charge is 0.491 e. The first-order valence-corrected chi connectivity index (χ1v) is 15.3. The molecule has 7 rings (SSSR count). The van der Waals surface area contributed by atoms with E-state index >= 15 is 0 Å². The summed E-state index contributed by atoms with van der Waals surface area (Å²) >= 11 is 0. The number of hydrogen-bond donors (Lipinski definition) is 0. The molecule has 0 amide bonds.